The second kappa shape index (κ2) is 5.99. The van der Waals surface area contributed by atoms with Gasteiger partial charge in [0.15, 0.2) is 0 Å². The molecule has 116 valence electrons. The van der Waals surface area contributed by atoms with E-state index in [1.165, 1.54) is 6.07 Å². The van der Waals surface area contributed by atoms with Gasteiger partial charge < -0.3 is 10.0 Å². The number of likely N-dealkylation sites (tertiary alicyclic amines) is 1. The summed E-state index contributed by atoms with van der Waals surface area (Å²) in [4.78, 5) is 2.12. The molecule has 0 bridgehead atoms. The van der Waals surface area contributed by atoms with E-state index in [-0.39, 0.29) is 11.7 Å². The molecule has 1 aliphatic rings. The summed E-state index contributed by atoms with van der Waals surface area (Å²) >= 11 is 6.08. The van der Waals surface area contributed by atoms with Crippen molar-refractivity contribution in [3.05, 3.63) is 70.5 Å². The average molecular weight is 320 g/mol. The Morgan fingerprint density at radius 2 is 2.00 bits per heavy atom. The molecule has 0 spiro atoms. The summed E-state index contributed by atoms with van der Waals surface area (Å²) in [6, 6.07) is 13.9. The quantitative estimate of drug-likeness (QED) is 0.910. The van der Waals surface area contributed by atoms with Crippen LogP contribution in [0.15, 0.2) is 48.5 Å². The normalized spacial score (nSPS) is 26.1. The standard InChI is InChI=1S/C18H19ClFNO/c1-21-10-9-18(22,13-5-4-6-14(19)11-13)16(12-21)15-7-2-3-8-17(15)20/h2-8,11,16,22H,9-10,12H2,1H3. The van der Waals surface area contributed by atoms with Crippen molar-refractivity contribution in [3.63, 3.8) is 0 Å². The zero-order valence-corrected chi connectivity index (χ0v) is 13.2. The van der Waals surface area contributed by atoms with E-state index in [1.807, 2.05) is 25.2 Å². The number of hydrogen-bond donors (Lipinski definition) is 1. The number of likely N-dealkylation sites (N-methyl/N-ethyl adjacent to an activating group) is 1. The second-order valence-electron chi connectivity index (χ2n) is 6.02. The van der Waals surface area contributed by atoms with E-state index in [2.05, 4.69) is 4.90 Å². The lowest BCUT2D eigenvalue weighted by Crippen LogP contribution is -2.47. The fraction of sp³-hybridized carbons (Fsp3) is 0.333. The fourth-order valence-electron chi connectivity index (χ4n) is 3.31. The highest BCUT2D eigenvalue weighted by Crippen LogP contribution is 2.44. The van der Waals surface area contributed by atoms with Gasteiger partial charge >= 0.3 is 0 Å². The predicted octanol–water partition coefficient (Wildman–Crippen LogP) is 3.79. The molecule has 2 nitrogen and oxygen atoms in total. The minimum absolute atomic E-state index is 0.275. The smallest absolute Gasteiger partial charge is 0.126 e. The maximum Gasteiger partial charge on any atom is 0.126 e. The molecule has 2 atom stereocenters. The Morgan fingerprint density at radius 1 is 1.23 bits per heavy atom. The first-order valence-corrected chi connectivity index (χ1v) is 7.80. The van der Waals surface area contributed by atoms with Gasteiger partial charge in [0, 0.05) is 24.0 Å². The van der Waals surface area contributed by atoms with Gasteiger partial charge in [-0.15, -0.1) is 0 Å². The van der Waals surface area contributed by atoms with Crippen molar-refractivity contribution in [2.75, 3.05) is 20.1 Å². The number of rotatable bonds is 2. The van der Waals surface area contributed by atoms with Gasteiger partial charge in [-0.3, -0.25) is 0 Å². The molecule has 4 heteroatoms. The summed E-state index contributed by atoms with van der Waals surface area (Å²) in [6.07, 6.45) is 0.544. The predicted molar refractivity (Wildman–Crippen MR) is 86.6 cm³/mol. The highest BCUT2D eigenvalue weighted by Gasteiger charge is 2.43. The lowest BCUT2D eigenvalue weighted by atomic mass is 9.72. The molecule has 1 fully saturated rings. The van der Waals surface area contributed by atoms with E-state index in [0.717, 1.165) is 12.1 Å². The van der Waals surface area contributed by atoms with Gasteiger partial charge in [0.25, 0.3) is 0 Å². The molecule has 1 saturated heterocycles. The van der Waals surface area contributed by atoms with Gasteiger partial charge in [-0.25, -0.2) is 4.39 Å². The Balaban J connectivity index is 2.09. The van der Waals surface area contributed by atoms with Crippen molar-refractivity contribution in [3.8, 4) is 0 Å². The van der Waals surface area contributed by atoms with E-state index in [0.29, 0.717) is 23.6 Å². The number of halogens is 2. The maximum atomic E-state index is 14.3. The van der Waals surface area contributed by atoms with Gasteiger partial charge in [0.05, 0.1) is 5.60 Å². The molecule has 0 amide bonds. The van der Waals surface area contributed by atoms with E-state index >= 15 is 0 Å². The van der Waals surface area contributed by atoms with Crippen LogP contribution in [0.5, 0.6) is 0 Å². The number of hydrogen-bond acceptors (Lipinski definition) is 2. The highest BCUT2D eigenvalue weighted by atomic mass is 35.5. The first-order valence-electron chi connectivity index (χ1n) is 7.42. The minimum Gasteiger partial charge on any atom is -0.384 e. The van der Waals surface area contributed by atoms with Gasteiger partial charge in [0.2, 0.25) is 0 Å². The molecule has 1 aliphatic heterocycles. The third kappa shape index (κ3) is 2.76. The molecular formula is C18H19ClFNO. The Morgan fingerprint density at radius 3 is 2.73 bits per heavy atom. The Hall–Kier alpha value is -1.42. The van der Waals surface area contributed by atoms with E-state index in [9.17, 15) is 9.50 Å². The molecule has 2 aromatic carbocycles. The van der Waals surface area contributed by atoms with Crippen LogP contribution in [-0.2, 0) is 5.60 Å². The van der Waals surface area contributed by atoms with Crippen molar-refractivity contribution >= 4 is 11.6 Å². The Bertz CT molecular complexity index is 678. The third-order valence-electron chi connectivity index (χ3n) is 4.55. The SMILES string of the molecule is CN1CCC(O)(c2cccc(Cl)c2)C(c2ccccc2F)C1. The van der Waals surface area contributed by atoms with Crippen LogP contribution in [-0.4, -0.2) is 30.1 Å². The van der Waals surface area contributed by atoms with E-state index in [4.69, 9.17) is 11.6 Å². The Kier molecular flexibility index (Phi) is 4.22. The largest absolute Gasteiger partial charge is 0.384 e. The summed E-state index contributed by atoms with van der Waals surface area (Å²) in [5.74, 6) is -0.603. The molecule has 22 heavy (non-hydrogen) atoms. The number of aliphatic hydroxyl groups is 1. The molecule has 2 unspecified atom stereocenters. The van der Waals surface area contributed by atoms with Crippen molar-refractivity contribution in [2.45, 2.75) is 17.9 Å². The van der Waals surface area contributed by atoms with Crippen LogP contribution < -0.4 is 0 Å². The van der Waals surface area contributed by atoms with Crippen LogP contribution in [0.3, 0.4) is 0 Å². The molecule has 0 aromatic heterocycles. The van der Waals surface area contributed by atoms with Crippen molar-refractivity contribution in [1.29, 1.82) is 0 Å². The van der Waals surface area contributed by atoms with Crippen LogP contribution in [0.1, 0.15) is 23.5 Å². The molecular weight excluding hydrogens is 301 g/mol. The van der Waals surface area contributed by atoms with E-state index < -0.39 is 5.60 Å². The van der Waals surface area contributed by atoms with Crippen molar-refractivity contribution in [1.82, 2.24) is 4.90 Å². The molecule has 3 rings (SSSR count). The number of piperidine rings is 1. The first kappa shape index (κ1) is 15.5. The highest BCUT2D eigenvalue weighted by molar-refractivity contribution is 6.30. The second-order valence-corrected chi connectivity index (χ2v) is 6.46. The Labute approximate surface area is 135 Å². The molecule has 0 saturated carbocycles. The number of nitrogens with zero attached hydrogens (tertiary/aromatic N) is 1. The lowest BCUT2D eigenvalue weighted by molar-refractivity contribution is -0.0428. The van der Waals surface area contributed by atoms with Crippen LogP contribution in [0.2, 0.25) is 5.02 Å². The molecule has 1 N–H and O–H groups in total. The zero-order chi connectivity index (χ0) is 15.7. The topological polar surface area (TPSA) is 23.5 Å². The van der Waals surface area contributed by atoms with Crippen LogP contribution in [0, 0.1) is 5.82 Å². The van der Waals surface area contributed by atoms with Crippen molar-refractivity contribution < 1.29 is 9.50 Å². The lowest BCUT2D eigenvalue weighted by Gasteiger charge is -2.44. The van der Waals surface area contributed by atoms with Gasteiger partial charge in [-0.05, 0) is 42.8 Å². The van der Waals surface area contributed by atoms with Crippen molar-refractivity contribution in [2.24, 2.45) is 0 Å². The van der Waals surface area contributed by atoms with Crippen LogP contribution in [0.25, 0.3) is 0 Å². The first-order chi connectivity index (χ1) is 10.5. The fourth-order valence-corrected chi connectivity index (χ4v) is 3.50. The molecule has 2 aromatic rings. The third-order valence-corrected chi connectivity index (χ3v) is 4.79. The van der Waals surface area contributed by atoms with Gasteiger partial charge in [-0.2, -0.15) is 0 Å². The minimum atomic E-state index is -1.11. The molecule has 0 radical (unpaired) electrons. The average Bonchev–Trinajstić information content (AvgIpc) is 2.51. The van der Waals surface area contributed by atoms with Gasteiger partial charge in [-0.1, -0.05) is 41.9 Å². The zero-order valence-electron chi connectivity index (χ0n) is 12.5. The van der Waals surface area contributed by atoms with Crippen LogP contribution in [0.4, 0.5) is 4.39 Å². The summed E-state index contributed by atoms with van der Waals surface area (Å²) in [5, 5.41) is 12.0. The van der Waals surface area contributed by atoms with Gasteiger partial charge in [0.1, 0.15) is 5.82 Å². The van der Waals surface area contributed by atoms with Crippen LogP contribution >= 0.6 is 11.6 Å². The monoisotopic (exact) mass is 319 g/mol. The maximum absolute atomic E-state index is 14.3. The summed E-state index contributed by atoms with van der Waals surface area (Å²) in [5.41, 5.74) is 0.192. The molecule has 1 heterocycles. The summed E-state index contributed by atoms with van der Waals surface area (Å²) < 4.78 is 14.3. The van der Waals surface area contributed by atoms with E-state index in [1.54, 1.807) is 24.3 Å². The number of benzene rings is 2. The summed E-state index contributed by atoms with van der Waals surface area (Å²) in [6.45, 7) is 1.36. The summed E-state index contributed by atoms with van der Waals surface area (Å²) in [7, 11) is 1.99. The molecule has 0 aliphatic carbocycles.